The molecule has 20 heavy (non-hydrogen) atoms. The molecule has 0 saturated carbocycles. The molecule has 0 radical (unpaired) electrons. The van der Waals surface area contributed by atoms with Gasteiger partial charge in [-0.3, -0.25) is 0 Å². The molecular formula is C13H11Cl2N5. The highest BCUT2D eigenvalue weighted by atomic mass is 35.5. The van der Waals surface area contributed by atoms with Gasteiger partial charge in [-0.15, -0.1) is 0 Å². The van der Waals surface area contributed by atoms with Crippen molar-refractivity contribution in [3.05, 3.63) is 46.5 Å². The van der Waals surface area contributed by atoms with Crippen LogP contribution in [0, 0.1) is 0 Å². The second-order valence-corrected chi connectivity index (χ2v) is 5.17. The molecule has 2 heterocycles. The summed E-state index contributed by atoms with van der Waals surface area (Å²) in [6.07, 6.45) is 3.20. The number of nitrogens with one attached hydrogen (secondary N) is 1. The van der Waals surface area contributed by atoms with Gasteiger partial charge in [0.15, 0.2) is 11.5 Å². The van der Waals surface area contributed by atoms with Gasteiger partial charge in [-0.25, -0.2) is 15.0 Å². The second-order valence-electron chi connectivity index (χ2n) is 4.35. The highest BCUT2D eigenvalue weighted by Gasteiger charge is 2.08. The maximum atomic E-state index is 6.00. The highest BCUT2D eigenvalue weighted by molar-refractivity contribution is 6.42. The van der Waals surface area contributed by atoms with Gasteiger partial charge in [0.1, 0.15) is 11.8 Å². The molecule has 2 aromatic heterocycles. The molecule has 0 fully saturated rings. The van der Waals surface area contributed by atoms with Crippen molar-refractivity contribution in [1.82, 2.24) is 19.5 Å². The first-order chi connectivity index (χ1) is 9.65. The first kappa shape index (κ1) is 13.1. The first-order valence-corrected chi connectivity index (χ1v) is 6.70. The largest absolute Gasteiger partial charge is 0.364 e. The number of nitrogens with zero attached hydrogens (tertiary/aromatic N) is 4. The van der Waals surface area contributed by atoms with Crippen LogP contribution in [0.15, 0.2) is 30.9 Å². The Morgan fingerprint density at radius 1 is 1.15 bits per heavy atom. The lowest BCUT2D eigenvalue weighted by molar-refractivity contribution is 0.942. The fraction of sp³-hybridized carbons (Fsp3) is 0.154. The lowest BCUT2D eigenvalue weighted by atomic mass is 10.2. The number of benzene rings is 1. The molecule has 1 N–H and O–H groups in total. The van der Waals surface area contributed by atoms with Crippen LogP contribution in [-0.4, -0.2) is 19.5 Å². The zero-order valence-corrected chi connectivity index (χ0v) is 12.2. The van der Waals surface area contributed by atoms with Gasteiger partial charge in [-0.1, -0.05) is 29.3 Å². The number of hydrogen-bond acceptors (Lipinski definition) is 4. The molecule has 0 aliphatic heterocycles. The van der Waals surface area contributed by atoms with E-state index in [4.69, 9.17) is 23.2 Å². The van der Waals surface area contributed by atoms with Gasteiger partial charge in [0.2, 0.25) is 0 Å². The van der Waals surface area contributed by atoms with Crippen LogP contribution in [0.5, 0.6) is 0 Å². The predicted octanol–water partition coefficient (Wildman–Crippen LogP) is 3.28. The zero-order chi connectivity index (χ0) is 14.1. The summed E-state index contributed by atoms with van der Waals surface area (Å²) in [4.78, 5) is 12.6. The van der Waals surface area contributed by atoms with E-state index in [0.717, 1.165) is 16.9 Å². The van der Waals surface area contributed by atoms with Crippen molar-refractivity contribution >= 4 is 40.2 Å². The lowest BCUT2D eigenvalue weighted by Gasteiger charge is -2.08. The van der Waals surface area contributed by atoms with Gasteiger partial charge in [-0.05, 0) is 17.7 Å². The van der Waals surface area contributed by atoms with Crippen LogP contribution in [0.3, 0.4) is 0 Å². The van der Waals surface area contributed by atoms with Crippen LogP contribution in [0.25, 0.3) is 11.2 Å². The Bertz CT molecular complexity index is 769. The molecule has 5 nitrogen and oxygen atoms in total. The Hall–Kier alpha value is -1.85. The molecule has 0 atom stereocenters. The molecule has 0 aliphatic rings. The summed E-state index contributed by atoms with van der Waals surface area (Å²) < 4.78 is 1.88. The number of anilines is 1. The third kappa shape index (κ3) is 2.42. The second kappa shape index (κ2) is 5.26. The third-order valence-corrected chi connectivity index (χ3v) is 3.69. The lowest BCUT2D eigenvalue weighted by Crippen LogP contribution is -2.04. The number of hydrogen-bond donors (Lipinski definition) is 1. The van der Waals surface area contributed by atoms with Crippen molar-refractivity contribution in [1.29, 1.82) is 0 Å². The predicted molar refractivity (Wildman–Crippen MR) is 80.1 cm³/mol. The Labute approximate surface area is 125 Å². The molecule has 0 unspecified atom stereocenters. The monoisotopic (exact) mass is 307 g/mol. The number of aryl methyl sites for hydroxylation is 1. The van der Waals surface area contributed by atoms with Gasteiger partial charge >= 0.3 is 0 Å². The Kier molecular flexibility index (Phi) is 3.46. The van der Waals surface area contributed by atoms with Gasteiger partial charge in [0.05, 0.1) is 16.4 Å². The van der Waals surface area contributed by atoms with Crippen molar-refractivity contribution in [3.63, 3.8) is 0 Å². The molecule has 0 bridgehead atoms. The van der Waals surface area contributed by atoms with E-state index < -0.39 is 0 Å². The van der Waals surface area contributed by atoms with Crippen LogP contribution >= 0.6 is 23.2 Å². The molecular weight excluding hydrogens is 297 g/mol. The topological polar surface area (TPSA) is 55.6 Å². The third-order valence-electron chi connectivity index (χ3n) is 2.95. The minimum Gasteiger partial charge on any atom is -0.364 e. The van der Waals surface area contributed by atoms with Crippen molar-refractivity contribution in [3.8, 4) is 0 Å². The van der Waals surface area contributed by atoms with Gasteiger partial charge in [-0.2, -0.15) is 0 Å². The number of rotatable bonds is 3. The molecule has 3 aromatic rings. The van der Waals surface area contributed by atoms with Gasteiger partial charge in [0.25, 0.3) is 0 Å². The molecule has 0 saturated heterocycles. The van der Waals surface area contributed by atoms with E-state index in [2.05, 4.69) is 20.3 Å². The van der Waals surface area contributed by atoms with Crippen LogP contribution in [0.2, 0.25) is 10.0 Å². The molecule has 3 rings (SSSR count). The van der Waals surface area contributed by atoms with Crippen LogP contribution in [0.4, 0.5) is 5.82 Å². The van der Waals surface area contributed by atoms with E-state index >= 15 is 0 Å². The first-order valence-electron chi connectivity index (χ1n) is 5.95. The molecule has 7 heteroatoms. The van der Waals surface area contributed by atoms with Gasteiger partial charge in [0, 0.05) is 13.6 Å². The molecule has 0 aliphatic carbocycles. The normalized spacial score (nSPS) is 10.9. The Morgan fingerprint density at radius 3 is 2.80 bits per heavy atom. The number of imidazole rings is 1. The summed E-state index contributed by atoms with van der Waals surface area (Å²) >= 11 is 11.9. The van der Waals surface area contributed by atoms with Crippen molar-refractivity contribution in [2.75, 3.05) is 5.32 Å². The van der Waals surface area contributed by atoms with E-state index in [-0.39, 0.29) is 0 Å². The van der Waals surface area contributed by atoms with Crippen molar-refractivity contribution in [2.24, 2.45) is 7.05 Å². The summed E-state index contributed by atoms with van der Waals surface area (Å²) in [6, 6.07) is 5.53. The fourth-order valence-electron chi connectivity index (χ4n) is 1.95. The minimum atomic E-state index is 0.541. The average molecular weight is 308 g/mol. The summed E-state index contributed by atoms with van der Waals surface area (Å²) in [6.45, 7) is 0.591. The number of aromatic nitrogens is 4. The zero-order valence-electron chi connectivity index (χ0n) is 10.6. The maximum absolute atomic E-state index is 6.00. The molecule has 0 amide bonds. The number of fused-ring (bicyclic) bond motifs is 1. The average Bonchev–Trinajstić information content (AvgIpc) is 2.83. The maximum Gasteiger partial charge on any atom is 0.182 e. The quantitative estimate of drug-likeness (QED) is 0.807. The SMILES string of the molecule is Cn1cnc2ncnc(NCc3ccc(Cl)c(Cl)c3)c21. The standard InChI is InChI=1S/C13H11Cl2N5/c1-20-7-19-13-11(20)12(17-6-18-13)16-5-8-2-3-9(14)10(15)4-8/h2-4,6-7H,5H2,1H3,(H,16,17,18). The summed E-state index contributed by atoms with van der Waals surface area (Å²) in [5, 5.41) is 4.35. The Morgan fingerprint density at radius 2 is 2.00 bits per heavy atom. The smallest absolute Gasteiger partial charge is 0.182 e. The van der Waals surface area contributed by atoms with Crippen LogP contribution in [0.1, 0.15) is 5.56 Å². The highest BCUT2D eigenvalue weighted by Crippen LogP contribution is 2.23. The molecule has 0 spiro atoms. The summed E-state index contributed by atoms with van der Waals surface area (Å²) in [5.41, 5.74) is 2.56. The van der Waals surface area contributed by atoms with E-state index in [1.54, 1.807) is 12.4 Å². The van der Waals surface area contributed by atoms with E-state index in [9.17, 15) is 0 Å². The summed E-state index contributed by atoms with van der Waals surface area (Å²) in [5.74, 6) is 0.737. The van der Waals surface area contributed by atoms with Crippen LogP contribution < -0.4 is 5.32 Å². The van der Waals surface area contributed by atoms with Crippen molar-refractivity contribution < 1.29 is 0 Å². The number of halogens is 2. The summed E-state index contributed by atoms with van der Waals surface area (Å²) in [7, 11) is 1.91. The van der Waals surface area contributed by atoms with E-state index in [0.29, 0.717) is 22.2 Å². The molecule has 102 valence electrons. The Balaban J connectivity index is 1.86. The molecule has 1 aromatic carbocycles. The van der Waals surface area contributed by atoms with E-state index in [1.165, 1.54) is 6.33 Å². The van der Waals surface area contributed by atoms with E-state index in [1.807, 2.05) is 23.7 Å². The fourth-order valence-corrected chi connectivity index (χ4v) is 2.27. The van der Waals surface area contributed by atoms with Crippen LogP contribution in [-0.2, 0) is 13.6 Å². The van der Waals surface area contributed by atoms with Crippen molar-refractivity contribution in [2.45, 2.75) is 6.54 Å². The minimum absolute atomic E-state index is 0.541. The van der Waals surface area contributed by atoms with Gasteiger partial charge < -0.3 is 9.88 Å².